The highest BCUT2D eigenvalue weighted by molar-refractivity contribution is 8.00. The molecule has 4 heterocycles. The van der Waals surface area contributed by atoms with Crippen LogP contribution in [0.2, 0.25) is 5.02 Å². The number of allylic oxidation sites excluding steroid dienone is 1. The van der Waals surface area contributed by atoms with Crippen molar-refractivity contribution in [3.63, 3.8) is 0 Å². The topological polar surface area (TPSA) is 116 Å². The Morgan fingerprint density at radius 2 is 2.29 bits per heavy atom. The molecule has 1 fully saturated rings. The molecule has 0 spiro atoms. The van der Waals surface area contributed by atoms with Gasteiger partial charge in [0, 0.05) is 37.3 Å². The first-order chi connectivity index (χ1) is 16.4. The van der Waals surface area contributed by atoms with Crippen LogP contribution in [0.1, 0.15) is 33.6 Å². The van der Waals surface area contributed by atoms with E-state index in [0.29, 0.717) is 29.7 Å². The fourth-order valence-electron chi connectivity index (χ4n) is 3.87. The summed E-state index contributed by atoms with van der Waals surface area (Å²) in [6.45, 7) is 7.89. The predicted octanol–water partition coefficient (Wildman–Crippen LogP) is 4.76. The third kappa shape index (κ3) is 5.37. The zero-order valence-corrected chi connectivity index (χ0v) is 20.9. The first kappa shape index (κ1) is 24.1. The number of thioether (sulfide) groups is 1. The lowest BCUT2D eigenvalue weighted by Crippen LogP contribution is -2.41. The number of H-pyrrole nitrogens is 1. The molecule has 1 atom stereocenters. The largest absolute Gasteiger partial charge is 0.344 e. The van der Waals surface area contributed by atoms with Crippen molar-refractivity contribution < 1.29 is 4.79 Å². The smallest absolute Gasteiger partial charge is 0.264 e. The van der Waals surface area contributed by atoms with Gasteiger partial charge in [0.25, 0.3) is 5.91 Å². The molecule has 3 aromatic rings. The summed E-state index contributed by atoms with van der Waals surface area (Å²) in [7, 11) is 0. The normalized spacial score (nSPS) is 16.8. The van der Waals surface area contributed by atoms with E-state index in [2.05, 4.69) is 26.5 Å². The monoisotopic (exact) mass is 498 g/mol. The zero-order valence-electron chi connectivity index (χ0n) is 19.4. The summed E-state index contributed by atoms with van der Waals surface area (Å²) in [5.74, 6) is 0.373. The molecule has 1 aliphatic heterocycles. The van der Waals surface area contributed by atoms with E-state index in [9.17, 15) is 10.1 Å². The first-order valence-corrected chi connectivity index (χ1v) is 12.6. The number of halogens is 1. The number of likely N-dealkylation sites (tertiary alicyclic amines) is 1. The maximum absolute atomic E-state index is 12.9. The molecule has 34 heavy (non-hydrogen) atoms. The van der Waals surface area contributed by atoms with Crippen molar-refractivity contribution in [3.05, 3.63) is 35.3 Å². The number of nitrogens with one attached hydrogen (secondary N) is 2. The molecule has 0 radical (unpaired) electrons. The van der Waals surface area contributed by atoms with Crippen LogP contribution in [-0.4, -0.2) is 53.9 Å². The SMILES string of the molecule is CCn1cc(Nc2nc(S[C@@H]3CCCN(C(=O)/C(C#N)=C/C(C)C)C3)c3c(Cl)c[nH]c3n2)cn1. The third-order valence-corrected chi connectivity index (χ3v) is 6.99. The average Bonchev–Trinajstić information content (AvgIpc) is 3.43. The summed E-state index contributed by atoms with van der Waals surface area (Å²) in [6, 6.07) is 2.07. The average molecular weight is 499 g/mol. The summed E-state index contributed by atoms with van der Waals surface area (Å²) in [5, 5.41) is 19.1. The molecule has 4 rings (SSSR count). The standard InChI is InChI=1S/C23H27ClN8OS/c1-4-32-12-16(10-27-32)28-23-29-20-19(18(24)11-26-20)21(30-23)34-17-6-5-7-31(13-17)22(33)15(9-25)8-14(2)3/h8,10-12,14,17H,4-7,13H2,1-3H3,(H2,26,28,29,30)/b15-8+/t17-/m1/s1. The number of fused-ring (bicyclic) bond motifs is 1. The molecular weight excluding hydrogens is 472 g/mol. The van der Waals surface area contributed by atoms with Gasteiger partial charge in [-0.05, 0) is 25.7 Å². The van der Waals surface area contributed by atoms with Gasteiger partial charge < -0.3 is 15.2 Å². The number of aryl methyl sites for hydroxylation is 1. The van der Waals surface area contributed by atoms with Gasteiger partial charge in [0.05, 0.1) is 22.3 Å². The molecule has 0 unspecified atom stereocenters. The van der Waals surface area contributed by atoms with Crippen LogP contribution in [0.3, 0.4) is 0 Å². The summed E-state index contributed by atoms with van der Waals surface area (Å²) in [6.07, 6.45) is 8.85. The Hall–Kier alpha value is -3.03. The van der Waals surface area contributed by atoms with Crippen LogP contribution in [0.25, 0.3) is 11.0 Å². The number of hydrogen-bond acceptors (Lipinski definition) is 7. The highest BCUT2D eigenvalue weighted by atomic mass is 35.5. The molecule has 178 valence electrons. The maximum atomic E-state index is 12.9. The quantitative estimate of drug-likeness (QED) is 0.274. The van der Waals surface area contributed by atoms with Crippen molar-refractivity contribution in [3.8, 4) is 6.07 Å². The number of carbonyl (C=O) groups is 1. The number of anilines is 2. The van der Waals surface area contributed by atoms with Crippen LogP contribution >= 0.6 is 23.4 Å². The van der Waals surface area contributed by atoms with Gasteiger partial charge in [-0.2, -0.15) is 15.3 Å². The maximum Gasteiger partial charge on any atom is 0.264 e. The minimum absolute atomic E-state index is 0.122. The van der Waals surface area contributed by atoms with E-state index in [0.717, 1.165) is 35.5 Å². The first-order valence-electron chi connectivity index (χ1n) is 11.3. The van der Waals surface area contributed by atoms with Crippen LogP contribution in [0.4, 0.5) is 11.6 Å². The van der Waals surface area contributed by atoms with Crippen molar-refractivity contribution in [1.29, 1.82) is 5.26 Å². The van der Waals surface area contributed by atoms with Crippen LogP contribution in [0.15, 0.2) is 35.3 Å². The molecule has 0 saturated carbocycles. The van der Waals surface area contributed by atoms with Gasteiger partial charge in [0.1, 0.15) is 22.3 Å². The molecule has 0 aliphatic carbocycles. The highest BCUT2D eigenvalue weighted by Crippen LogP contribution is 2.37. The van der Waals surface area contributed by atoms with Gasteiger partial charge in [0.2, 0.25) is 5.95 Å². The summed E-state index contributed by atoms with van der Waals surface area (Å²) >= 11 is 8.04. The van der Waals surface area contributed by atoms with Gasteiger partial charge in [0.15, 0.2) is 0 Å². The molecule has 9 nitrogen and oxygen atoms in total. The molecule has 0 bridgehead atoms. The number of aromatic nitrogens is 5. The molecule has 2 N–H and O–H groups in total. The Balaban J connectivity index is 1.56. The number of amides is 1. The van der Waals surface area contributed by atoms with Crippen LogP contribution < -0.4 is 5.32 Å². The lowest BCUT2D eigenvalue weighted by molar-refractivity contribution is -0.127. The third-order valence-electron chi connectivity index (χ3n) is 5.46. The molecule has 1 saturated heterocycles. The Bertz CT molecular complexity index is 1260. The lowest BCUT2D eigenvalue weighted by Gasteiger charge is -2.32. The number of rotatable bonds is 7. The Labute approximate surface area is 207 Å². The second-order valence-corrected chi connectivity index (χ2v) is 10.2. The Morgan fingerprint density at radius 1 is 1.47 bits per heavy atom. The van der Waals surface area contributed by atoms with Crippen molar-refractivity contribution >= 4 is 51.9 Å². The van der Waals surface area contributed by atoms with Gasteiger partial charge >= 0.3 is 0 Å². The summed E-state index contributed by atoms with van der Waals surface area (Å²) in [4.78, 5) is 27.1. The van der Waals surface area contributed by atoms with Crippen molar-refractivity contribution in [2.24, 2.45) is 5.92 Å². The second kappa shape index (κ2) is 10.5. The molecular formula is C23H27ClN8OS. The van der Waals surface area contributed by atoms with Crippen molar-refractivity contribution in [2.45, 2.75) is 50.4 Å². The number of nitriles is 1. The predicted molar refractivity (Wildman–Crippen MR) is 134 cm³/mol. The fourth-order valence-corrected chi connectivity index (χ4v) is 5.48. The molecule has 0 aromatic carbocycles. The van der Waals surface area contributed by atoms with E-state index in [1.165, 1.54) is 0 Å². The lowest BCUT2D eigenvalue weighted by atomic mass is 10.1. The highest BCUT2D eigenvalue weighted by Gasteiger charge is 2.28. The van der Waals surface area contributed by atoms with E-state index < -0.39 is 0 Å². The molecule has 1 aliphatic rings. The van der Waals surface area contributed by atoms with E-state index in [1.54, 1.807) is 35.1 Å². The molecule has 1 amide bonds. The number of piperidine rings is 1. The number of nitrogens with zero attached hydrogens (tertiary/aromatic N) is 6. The Morgan fingerprint density at radius 3 is 3.00 bits per heavy atom. The zero-order chi connectivity index (χ0) is 24.2. The van der Waals surface area contributed by atoms with Crippen LogP contribution in [-0.2, 0) is 11.3 Å². The van der Waals surface area contributed by atoms with E-state index >= 15 is 0 Å². The van der Waals surface area contributed by atoms with Crippen molar-refractivity contribution in [1.82, 2.24) is 29.6 Å². The number of hydrogen-bond donors (Lipinski definition) is 2. The van der Waals surface area contributed by atoms with E-state index in [1.807, 2.05) is 31.6 Å². The number of aromatic amines is 1. The van der Waals surface area contributed by atoms with Gasteiger partial charge in [-0.15, -0.1) is 11.8 Å². The van der Waals surface area contributed by atoms with Gasteiger partial charge in [-0.1, -0.05) is 31.5 Å². The summed E-state index contributed by atoms with van der Waals surface area (Å²) in [5.41, 5.74) is 1.64. The van der Waals surface area contributed by atoms with Crippen LogP contribution in [0, 0.1) is 17.2 Å². The number of carbonyl (C=O) groups excluding carboxylic acids is 1. The van der Waals surface area contributed by atoms with E-state index in [-0.39, 0.29) is 22.6 Å². The van der Waals surface area contributed by atoms with E-state index in [4.69, 9.17) is 16.6 Å². The fraction of sp³-hybridized carbons (Fsp3) is 0.435. The molecule has 3 aromatic heterocycles. The van der Waals surface area contributed by atoms with Gasteiger partial charge in [-0.25, -0.2) is 4.98 Å². The minimum Gasteiger partial charge on any atom is -0.344 e. The minimum atomic E-state index is -0.204. The summed E-state index contributed by atoms with van der Waals surface area (Å²) < 4.78 is 1.82. The van der Waals surface area contributed by atoms with Crippen molar-refractivity contribution in [2.75, 3.05) is 18.4 Å². The van der Waals surface area contributed by atoms with Crippen LogP contribution in [0.5, 0.6) is 0 Å². The Kier molecular flexibility index (Phi) is 7.44. The molecule has 11 heteroatoms. The second-order valence-electron chi connectivity index (χ2n) is 8.49. The van der Waals surface area contributed by atoms with Gasteiger partial charge in [-0.3, -0.25) is 9.48 Å².